The number of nitrogens with two attached hydrogens (primary N) is 1. The molecule has 3 N–H and O–H groups in total. The number of nitrogens with one attached hydrogen (secondary N) is 1. The van der Waals surface area contributed by atoms with Crippen molar-refractivity contribution >= 4 is 15.9 Å². The average molecular weight is 286 g/mol. The summed E-state index contributed by atoms with van der Waals surface area (Å²) in [6.07, 6.45) is 1.20. The van der Waals surface area contributed by atoms with Crippen LogP contribution in [0.15, 0.2) is 23.1 Å². The number of benzene rings is 1. The zero-order valence-electron chi connectivity index (χ0n) is 11.0. The van der Waals surface area contributed by atoms with Gasteiger partial charge in [0.15, 0.2) is 0 Å². The highest BCUT2D eigenvalue weighted by Crippen LogP contribution is 2.23. The van der Waals surface area contributed by atoms with Crippen LogP contribution in [-0.4, -0.2) is 21.4 Å². The quantitative estimate of drug-likeness (QED) is 0.806. The summed E-state index contributed by atoms with van der Waals surface area (Å²) in [5.74, 6) is 0.113. The lowest BCUT2D eigenvalue weighted by Crippen LogP contribution is -2.22. The van der Waals surface area contributed by atoms with E-state index in [0.717, 1.165) is 6.42 Å². The van der Waals surface area contributed by atoms with E-state index in [1.54, 1.807) is 6.07 Å². The Balaban J connectivity index is 2.90. The Bertz CT molecular complexity index is 555. The first-order valence-electron chi connectivity index (χ1n) is 5.85. The van der Waals surface area contributed by atoms with Crippen molar-refractivity contribution in [1.29, 1.82) is 0 Å². The number of ether oxygens (including phenoxy) is 1. The molecule has 1 aromatic rings. The minimum atomic E-state index is -3.85. The number of amides is 1. The van der Waals surface area contributed by atoms with E-state index < -0.39 is 10.0 Å². The Hall–Kier alpha value is -1.60. The van der Waals surface area contributed by atoms with Crippen molar-refractivity contribution in [2.24, 2.45) is 5.14 Å². The number of hydrogen-bond acceptors (Lipinski definition) is 4. The summed E-state index contributed by atoms with van der Waals surface area (Å²) >= 11 is 0. The number of carbonyl (C=O) groups is 1. The van der Waals surface area contributed by atoms with Crippen molar-refractivity contribution < 1.29 is 17.9 Å². The van der Waals surface area contributed by atoms with Crippen LogP contribution in [0.5, 0.6) is 5.75 Å². The highest BCUT2D eigenvalue weighted by atomic mass is 32.2. The zero-order chi connectivity index (χ0) is 14.5. The van der Waals surface area contributed by atoms with Gasteiger partial charge in [0.05, 0.1) is 7.11 Å². The van der Waals surface area contributed by atoms with Gasteiger partial charge in [0, 0.05) is 13.0 Å². The monoisotopic (exact) mass is 286 g/mol. The van der Waals surface area contributed by atoms with Gasteiger partial charge in [-0.15, -0.1) is 0 Å². The molecule has 0 saturated carbocycles. The molecule has 19 heavy (non-hydrogen) atoms. The predicted molar refractivity (Wildman–Crippen MR) is 71.1 cm³/mol. The van der Waals surface area contributed by atoms with Crippen molar-refractivity contribution in [3.05, 3.63) is 23.8 Å². The molecule has 0 saturated heterocycles. The Morgan fingerprint density at radius 3 is 2.63 bits per heavy atom. The summed E-state index contributed by atoms with van der Waals surface area (Å²) in [5.41, 5.74) is 0.647. The molecule has 0 spiro atoms. The number of primary sulfonamides is 1. The van der Waals surface area contributed by atoms with Gasteiger partial charge < -0.3 is 10.1 Å². The van der Waals surface area contributed by atoms with Crippen molar-refractivity contribution in [1.82, 2.24) is 5.32 Å². The van der Waals surface area contributed by atoms with Crippen LogP contribution in [0.3, 0.4) is 0 Å². The van der Waals surface area contributed by atoms with Crippen molar-refractivity contribution in [3.8, 4) is 5.75 Å². The molecule has 0 bridgehead atoms. The van der Waals surface area contributed by atoms with E-state index in [-0.39, 0.29) is 23.1 Å². The third kappa shape index (κ3) is 4.53. The Morgan fingerprint density at radius 2 is 2.11 bits per heavy atom. The van der Waals surface area contributed by atoms with Gasteiger partial charge in [0.1, 0.15) is 10.6 Å². The van der Waals surface area contributed by atoms with Crippen LogP contribution in [0.2, 0.25) is 0 Å². The van der Waals surface area contributed by atoms with E-state index in [4.69, 9.17) is 9.88 Å². The molecule has 106 valence electrons. The van der Waals surface area contributed by atoms with E-state index in [0.29, 0.717) is 12.0 Å². The molecule has 0 heterocycles. The second-order valence-corrected chi connectivity index (χ2v) is 5.59. The lowest BCUT2D eigenvalue weighted by molar-refractivity contribution is -0.121. The third-order valence-electron chi connectivity index (χ3n) is 2.50. The Kier molecular flexibility index (Phi) is 5.31. The first-order valence-corrected chi connectivity index (χ1v) is 7.39. The highest BCUT2D eigenvalue weighted by Gasteiger charge is 2.15. The number of sulfonamides is 1. The van der Waals surface area contributed by atoms with Crippen LogP contribution in [-0.2, 0) is 21.4 Å². The maximum atomic E-state index is 11.4. The summed E-state index contributed by atoms with van der Waals surface area (Å²) in [6.45, 7) is 2.16. The lowest BCUT2D eigenvalue weighted by atomic mass is 10.2. The molecule has 0 aliphatic heterocycles. The smallest absolute Gasteiger partial charge is 0.241 e. The third-order valence-corrected chi connectivity index (χ3v) is 3.43. The molecule has 1 amide bonds. The van der Waals surface area contributed by atoms with Gasteiger partial charge in [-0.05, 0) is 24.1 Å². The first-order chi connectivity index (χ1) is 8.88. The maximum absolute atomic E-state index is 11.4. The van der Waals surface area contributed by atoms with Gasteiger partial charge in [0.25, 0.3) is 0 Å². The van der Waals surface area contributed by atoms with E-state index in [1.165, 1.54) is 19.2 Å². The molecular formula is C12H18N2O4S. The second kappa shape index (κ2) is 6.53. The number of rotatable bonds is 6. The fraction of sp³-hybridized carbons (Fsp3) is 0.417. The fourth-order valence-corrected chi connectivity index (χ4v) is 2.32. The highest BCUT2D eigenvalue weighted by molar-refractivity contribution is 7.89. The molecular weight excluding hydrogens is 268 g/mol. The predicted octanol–water partition coefficient (Wildman–Crippen LogP) is 0.759. The van der Waals surface area contributed by atoms with Crippen molar-refractivity contribution in [3.63, 3.8) is 0 Å². The van der Waals surface area contributed by atoms with Gasteiger partial charge in [-0.3, -0.25) is 4.79 Å². The van der Waals surface area contributed by atoms with Crippen LogP contribution in [0.25, 0.3) is 0 Å². The topological polar surface area (TPSA) is 98.5 Å². The molecule has 1 rings (SSSR count). The summed E-state index contributed by atoms with van der Waals surface area (Å²) in [6, 6.07) is 4.60. The molecule has 0 aromatic heterocycles. The molecule has 6 nitrogen and oxygen atoms in total. The zero-order valence-corrected chi connectivity index (χ0v) is 11.8. The summed E-state index contributed by atoms with van der Waals surface area (Å²) < 4.78 is 27.8. The maximum Gasteiger partial charge on any atom is 0.241 e. The van der Waals surface area contributed by atoms with Crippen molar-refractivity contribution in [2.45, 2.75) is 31.2 Å². The summed E-state index contributed by atoms with van der Waals surface area (Å²) in [7, 11) is -2.49. The van der Waals surface area contributed by atoms with Gasteiger partial charge in [-0.2, -0.15) is 0 Å². The standard InChI is InChI=1S/C12H18N2O4S/c1-3-4-12(15)14-8-9-5-6-10(18-2)11(7-9)19(13,16)17/h5-7H,3-4,8H2,1-2H3,(H,14,15)(H2,13,16,17). The molecule has 0 unspecified atom stereocenters. The Labute approximate surface area is 113 Å². The van der Waals surface area contributed by atoms with Crippen LogP contribution in [0, 0.1) is 0 Å². The molecule has 0 fully saturated rings. The molecule has 0 aliphatic rings. The first kappa shape index (κ1) is 15.5. The molecule has 0 atom stereocenters. The van der Waals surface area contributed by atoms with E-state index in [1.807, 2.05) is 6.92 Å². The van der Waals surface area contributed by atoms with Crippen LogP contribution in [0.4, 0.5) is 0 Å². The van der Waals surface area contributed by atoms with Gasteiger partial charge >= 0.3 is 0 Å². The van der Waals surface area contributed by atoms with E-state index in [9.17, 15) is 13.2 Å². The number of methoxy groups -OCH3 is 1. The van der Waals surface area contributed by atoms with Crippen LogP contribution in [0.1, 0.15) is 25.3 Å². The average Bonchev–Trinajstić information content (AvgIpc) is 2.35. The minimum Gasteiger partial charge on any atom is -0.495 e. The number of hydrogen-bond donors (Lipinski definition) is 2. The molecule has 0 radical (unpaired) electrons. The second-order valence-electron chi connectivity index (χ2n) is 4.06. The van der Waals surface area contributed by atoms with Gasteiger partial charge in [0.2, 0.25) is 15.9 Å². The van der Waals surface area contributed by atoms with Gasteiger partial charge in [-0.25, -0.2) is 13.6 Å². The summed E-state index contributed by atoms with van der Waals surface area (Å²) in [4.78, 5) is 11.3. The van der Waals surface area contributed by atoms with Gasteiger partial charge in [-0.1, -0.05) is 13.0 Å². The SMILES string of the molecule is CCCC(=O)NCc1ccc(OC)c(S(N)(=O)=O)c1. The van der Waals surface area contributed by atoms with Crippen LogP contribution < -0.4 is 15.2 Å². The lowest BCUT2D eigenvalue weighted by Gasteiger charge is -2.10. The van der Waals surface area contributed by atoms with Crippen molar-refractivity contribution in [2.75, 3.05) is 7.11 Å². The van der Waals surface area contributed by atoms with Crippen LogP contribution >= 0.6 is 0 Å². The molecule has 7 heteroatoms. The minimum absolute atomic E-state index is 0.0736. The fourth-order valence-electron chi connectivity index (χ4n) is 1.57. The number of carbonyl (C=O) groups excluding carboxylic acids is 1. The van der Waals surface area contributed by atoms with E-state index in [2.05, 4.69) is 5.32 Å². The molecule has 1 aromatic carbocycles. The van der Waals surface area contributed by atoms with E-state index >= 15 is 0 Å². The largest absolute Gasteiger partial charge is 0.495 e. The summed E-state index contributed by atoms with van der Waals surface area (Å²) in [5, 5.41) is 7.81. The molecule has 0 aliphatic carbocycles. The normalized spacial score (nSPS) is 11.1. The Morgan fingerprint density at radius 1 is 1.42 bits per heavy atom.